The normalized spacial score (nSPS) is 11.2. The van der Waals surface area contributed by atoms with E-state index in [2.05, 4.69) is 0 Å². The third-order valence-corrected chi connectivity index (χ3v) is 5.72. The molecule has 0 atom stereocenters. The molecule has 0 N–H and O–H groups in total. The van der Waals surface area contributed by atoms with Crippen molar-refractivity contribution in [3.05, 3.63) is 66.7 Å². The highest BCUT2D eigenvalue weighted by molar-refractivity contribution is 7.91. The van der Waals surface area contributed by atoms with Crippen LogP contribution >= 0.6 is 23.2 Å². The SMILES string of the molecule is O=[N+]([O-])c1cccc(S(=O)(=O)c2cccc([N+](=O)[O-])c2Cl)c1Cl. The van der Waals surface area contributed by atoms with Crippen molar-refractivity contribution in [2.24, 2.45) is 0 Å². The zero-order chi connectivity index (χ0) is 17.4. The minimum atomic E-state index is -4.39. The number of halogens is 2. The number of rotatable bonds is 4. The van der Waals surface area contributed by atoms with Crippen molar-refractivity contribution in [1.82, 2.24) is 0 Å². The molecule has 0 fully saturated rings. The smallest absolute Gasteiger partial charge is 0.258 e. The summed E-state index contributed by atoms with van der Waals surface area (Å²) < 4.78 is 25.2. The zero-order valence-electron chi connectivity index (χ0n) is 11.0. The summed E-state index contributed by atoms with van der Waals surface area (Å²) in [6.07, 6.45) is 0. The second-order valence-corrected chi connectivity index (χ2v) is 6.84. The number of hydrogen-bond acceptors (Lipinski definition) is 6. The van der Waals surface area contributed by atoms with E-state index in [0.29, 0.717) is 0 Å². The molecule has 0 aliphatic heterocycles. The van der Waals surface area contributed by atoms with Crippen LogP contribution in [0.1, 0.15) is 0 Å². The minimum absolute atomic E-state index is 0.559. The number of benzene rings is 2. The van der Waals surface area contributed by atoms with Gasteiger partial charge in [0.05, 0.1) is 19.6 Å². The quantitative estimate of drug-likeness (QED) is 0.592. The highest BCUT2D eigenvalue weighted by atomic mass is 35.5. The van der Waals surface area contributed by atoms with Gasteiger partial charge in [-0.05, 0) is 12.1 Å². The Morgan fingerprint density at radius 2 is 1.13 bits per heavy atom. The second-order valence-electron chi connectivity index (χ2n) is 4.20. The molecule has 0 unspecified atom stereocenters. The van der Waals surface area contributed by atoms with Crippen molar-refractivity contribution < 1.29 is 18.3 Å². The molecule has 23 heavy (non-hydrogen) atoms. The van der Waals surface area contributed by atoms with Crippen LogP contribution in [0.4, 0.5) is 11.4 Å². The van der Waals surface area contributed by atoms with Gasteiger partial charge >= 0.3 is 0 Å². The van der Waals surface area contributed by atoms with Crippen molar-refractivity contribution in [3.63, 3.8) is 0 Å². The van der Waals surface area contributed by atoms with Crippen molar-refractivity contribution in [3.8, 4) is 0 Å². The lowest BCUT2D eigenvalue weighted by atomic mass is 10.3. The first-order chi connectivity index (χ1) is 10.7. The second kappa shape index (κ2) is 6.11. The van der Waals surface area contributed by atoms with Crippen LogP contribution in [-0.4, -0.2) is 18.3 Å². The van der Waals surface area contributed by atoms with E-state index in [1.165, 1.54) is 0 Å². The summed E-state index contributed by atoms with van der Waals surface area (Å²) in [5, 5.41) is 20.5. The lowest BCUT2D eigenvalue weighted by molar-refractivity contribution is -0.385. The molecule has 0 amide bonds. The summed E-state index contributed by atoms with van der Waals surface area (Å²) >= 11 is 11.6. The molecule has 0 saturated carbocycles. The van der Waals surface area contributed by atoms with Gasteiger partial charge in [-0.1, -0.05) is 35.3 Å². The zero-order valence-corrected chi connectivity index (χ0v) is 13.3. The molecule has 11 heteroatoms. The molecule has 0 aromatic heterocycles. The number of nitrogens with zero attached hydrogens (tertiary/aromatic N) is 2. The van der Waals surface area contributed by atoms with Gasteiger partial charge in [0.15, 0.2) is 0 Å². The minimum Gasteiger partial charge on any atom is -0.258 e. The van der Waals surface area contributed by atoms with Gasteiger partial charge in [0, 0.05) is 12.1 Å². The van der Waals surface area contributed by atoms with Gasteiger partial charge in [0.25, 0.3) is 11.4 Å². The number of hydrogen-bond donors (Lipinski definition) is 0. The number of sulfone groups is 1. The van der Waals surface area contributed by atoms with E-state index in [1.807, 2.05) is 0 Å². The van der Waals surface area contributed by atoms with E-state index in [-0.39, 0.29) is 0 Å². The van der Waals surface area contributed by atoms with E-state index < -0.39 is 50.9 Å². The lowest BCUT2D eigenvalue weighted by Crippen LogP contribution is -2.06. The molecule has 0 heterocycles. The van der Waals surface area contributed by atoms with Gasteiger partial charge in [-0.2, -0.15) is 0 Å². The monoisotopic (exact) mass is 376 g/mol. The summed E-state index contributed by atoms with van der Waals surface area (Å²) in [5.41, 5.74) is -1.21. The maximum Gasteiger partial charge on any atom is 0.289 e. The molecule has 8 nitrogen and oxygen atoms in total. The van der Waals surface area contributed by atoms with Gasteiger partial charge in [-0.15, -0.1) is 0 Å². The lowest BCUT2D eigenvalue weighted by Gasteiger charge is -2.08. The fourth-order valence-electron chi connectivity index (χ4n) is 1.81. The Morgan fingerprint density at radius 3 is 1.43 bits per heavy atom. The molecule has 0 aliphatic carbocycles. The maximum atomic E-state index is 12.6. The fourth-order valence-corrected chi connectivity index (χ4v) is 4.25. The van der Waals surface area contributed by atoms with Crippen molar-refractivity contribution >= 4 is 44.4 Å². The van der Waals surface area contributed by atoms with E-state index in [0.717, 1.165) is 36.4 Å². The average molecular weight is 377 g/mol. The summed E-state index contributed by atoms with van der Waals surface area (Å²) in [6.45, 7) is 0. The predicted octanol–water partition coefficient (Wildman–Crippen LogP) is 3.64. The number of nitro groups is 2. The van der Waals surface area contributed by atoms with Gasteiger partial charge in [0.1, 0.15) is 10.0 Å². The Kier molecular flexibility index (Phi) is 4.55. The van der Waals surface area contributed by atoms with E-state index in [1.54, 1.807) is 0 Å². The first kappa shape index (κ1) is 17.1. The molecule has 2 rings (SSSR count). The third kappa shape index (κ3) is 2.98. The molecule has 0 saturated heterocycles. The number of nitro benzene ring substituents is 2. The van der Waals surface area contributed by atoms with Crippen LogP contribution in [0.15, 0.2) is 46.2 Å². The van der Waals surface area contributed by atoms with Gasteiger partial charge in [-0.3, -0.25) is 20.2 Å². The molecule has 2 aromatic rings. The van der Waals surface area contributed by atoms with Crippen LogP contribution in [0.25, 0.3) is 0 Å². The Bertz CT molecular complexity index is 860. The van der Waals surface area contributed by atoms with Crippen LogP contribution in [0, 0.1) is 20.2 Å². The molecule has 2 aromatic carbocycles. The van der Waals surface area contributed by atoms with Gasteiger partial charge < -0.3 is 0 Å². The van der Waals surface area contributed by atoms with Crippen LogP contribution in [-0.2, 0) is 9.84 Å². The van der Waals surface area contributed by atoms with Crippen LogP contribution in [0.5, 0.6) is 0 Å². The highest BCUT2D eigenvalue weighted by Crippen LogP contribution is 2.38. The van der Waals surface area contributed by atoms with E-state index in [9.17, 15) is 28.6 Å². The van der Waals surface area contributed by atoms with Crippen molar-refractivity contribution in [1.29, 1.82) is 0 Å². The topological polar surface area (TPSA) is 120 Å². The third-order valence-electron chi connectivity index (χ3n) is 2.86. The summed E-state index contributed by atoms with van der Waals surface area (Å²) in [7, 11) is -4.39. The Hall–Kier alpha value is -2.23. The van der Waals surface area contributed by atoms with Gasteiger partial charge in [-0.25, -0.2) is 8.42 Å². The highest BCUT2D eigenvalue weighted by Gasteiger charge is 2.30. The van der Waals surface area contributed by atoms with Gasteiger partial charge in [0.2, 0.25) is 9.84 Å². The Labute approximate surface area is 139 Å². The molecule has 0 spiro atoms. The summed E-state index contributed by atoms with van der Waals surface area (Å²) in [4.78, 5) is 18.9. The van der Waals surface area contributed by atoms with E-state index in [4.69, 9.17) is 23.2 Å². The standard InChI is InChI=1S/C12H6Cl2N2O6S/c13-11-7(15(17)18)3-1-5-9(11)23(21,22)10-6-2-4-8(12(10)14)16(19)20/h1-6H. The Morgan fingerprint density at radius 1 is 0.783 bits per heavy atom. The molecule has 0 aliphatic rings. The molecule has 120 valence electrons. The van der Waals surface area contributed by atoms with Crippen LogP contribution in [0.2, 0.25) is 10.0 Å². The fraction of sp³-hybridized carbons (Fsp3) is 0. The van der Waals surface area contributed by atoms with E-state index >= 15 is 0 Å². The maximum absolute atomic E-state index is 12.6. The first-order valence-electron chi connectivity index (χ1n) is 5.79. The molecular formula is C12H6Cl2N2O6S. The first-order valence-corrected chi connectivity index (χ1v) is 8.02. The predicted molar refractivity (Wildman–Crippen MR) is 81.7 cm³/mol. The molecule has 0 radical (unpaired) electrons. The van der Waals surface area contributed by atoms with Crippen molar-refractivity contribution in [2.45, 2.75) is 9.79 Å². The molecule has 0 bridgehead atoms. The van der Waals surface area contributed by atoms with Crippen LogP contribution < -0.4 is 0 Å². The largest absolute Gasteiger partial charge is 0.289 e. The summed E-state index contributed by atoms with van der Waals surface area (Å²) in [5.74, 6) is 0. The van der Waals surface area contributed by atoms with Crippen molar-refractivity contribution in [2.75, 3.05) is 0 Å². The Balaban J connectivity index is 2.75. The summed E-state index contributed by atoms with van der Waals surface area (Å²) in [6, 6.07) is 6.47. The average Bonchev–Trinajstić information content (AvgIpc) is 2.46. The molecular weight excluding hydrogens is 371 g/mol. The van der Waals surface area contributed by atoms with Crippen LogP contribution in [0.3, 0.4) is 0 Å².